The minimum atomic E-state index is -0.191. The number of halogens is 1. The SMILES string of the molecule is CN(C)c1ccc(C(=O)N2CCC(c3ccccc3F)C2)cn1. The summed E-state index contributed by atoms with van der Waals surface area (Å²) in [7, 11) is 3.81. The molecule has 0 aliphatic carbocycles. The maximum absolute atomic E-state index is 13.9. The molecule has 2 heterocycles. The second kappa shape index (κ2) is 6.36. The Morgan fingerprint density at radius 3 is 2.70 bits per heavy atom. The summed E-state index contributed by atoms with van der Waals surface area (Å²) in [6.07, 6.45) is 2.39. The molecular weight excluding hydrogens is 293 g/mol. The molecule has 1 fully saturated rings. The Morgan fingerprint density at radius 1 is 1.26 bits per heavy atom. The Bertz CT molecular complexity index is 700. The summed E-state index contributed by atoms with van der Waals surface area (Å²) in [5, 5.41) is 0. The molecule has 1 unspecified atom stereocenters. The lowest BCUT2D eigenvalue weighted by Gasteiger charge is -2.17. The normalized spacial score (nSPS) is 17.3. The quantitative estimate of drug-likeness (QED) is 0.874. The number of rotatable bonds is 3. The number of pyridine rings is 1. The Labute approximate surface area is 135 Å². The molecular formula is C18H20FN3O. The summed E-state index contributed by atoms with van der Waals surface area (Å²) in [6, 6.07) is 10.4. The molecule has 0 saturated carbocycles. The van der Waals surface area contributed by atoms with Crippen molar-refractivity contribution in [1.82, 2.24) is 9.88 Å². The van der Waals surface area contributed by atoms with Crippen molar-refractivity contribution >= 4 is 11.7 Å². The standard InChI is InChI=1S/C18H20FN3O/c1-21(2)17-8-7-13(11-20-17)18(23)22-10-9-14(12-22)15-5-3-4-6-16(15)19/h3-8,11,14H,9-10,12H2,1-2H3. The first-order valence-electron chi connectivity index (χ1n) is 7.73. The van der Waals surface area contributed by atoms with Gasteiger partial charge in [0.15, 0.2) is 0 Å². The second-order valence-corrected chi connectivity index (χ2v) is 6.06. The number of carbonyl (C=O) groups excluding carboxylic acids is 1. The van der Waals surface area contributed by atoms with Crippen LogP contribution in [0.2, 0.25) is 0 Å². The van der Waals surface area contributed by atoms with Gasteiger partial charge in [0.1, 0.15) is 11.6 Å². The minimum Gasteiger partial charge on any atom is -0.363 e. The maximum atomic E-state index is 13.9. The zero-order valence-corrected chi connectivity index (χ0v) is 13.4. The molecule has 1 saturated heterocycles. The van der Waals surface area contributed by atoms with Gasteiger partial charge in [0.25, 0.3) is 5.91 Å². The van der Waals surface area contributed by atoms with Crippen LogP contribution in [-0.4, -0.2) is 43.0 Å². The average Bonchev–Trinajstić information content (AvgIpc) is 3.04. The predicted octanol–water partition coefficient (Wildman–Crippen LogP) is 2.92. The van der Waals surface area contributed by atoms with Gasteiger partial charge in [-0.15, -0.1) is 0 Å². The third-order valence-electron chi connectivity index (χ3n) is 4.27. The maximum Gasteiger partial charge on any atom is 0.255 e. The van der Waals surface area contributed by atoms with Gasteiger partial charge < -0.3 is 9.80 Å². The van der Waals surface area contributed by atoms with E-state index in [0.717, 1.165) is 12.2 Å². The summed E-state index contributed by atoms with van der Waals surface area (Å²) in [6.45, 7) is 1.20. The van der Waals surface area contributed by atoms with Gasteiger partial charge in [0.2, 0.25) is 0 Å². The van der Waals surface area contributed by atoms with E-state index >= 15 is 0 Å². The summed E-state index contributed by atoms with van der Waals surface area (Å²) < 4.78 is 13.9. The number of carbonyl (C=O) groups is 1. The van der Waals surface area contributed by atoms with E-state index in [9.17, 15) is 9.18 Å². The van der Waals surface area contributed by atoms with Crippen LogP contribution < -0.4 is 4.90 Å². The van der Waals surface area contributed by atoms with Gasteiger partial charge in [0.05, 0.1) is 5.56 Å². The fourth-order valence-electron chi connectivity index (χ4n) is 2.96. The Hall–Kier alpha value is -2.43. The van der Waals surface area contributed by atoms with Crippen LogP contribution in [0.15, 0.2) is 42.6 Å². The summed E-state index contributed by atoms with van der Waals surface area (Å²) in [5.74, 6) is 0.645. The largest absolute Gasteiger partial charge is 0.363 e. The van der Waals surface area contributed by atoms with Crippen LogP contribution in [0.1, 0.15) is 28.3 Å². The summed E-state index contributed by atoms with van der Waals surface area (Å²) >= 11 is 0. The van der Waals surface area contributed by atoms with Gasteiger partial charge in [-0.2, -0.15) is 0 Å². The molecule has 120 valence electrons. The molecule has 1 amide bonds. The number of amides is 1. The van der Waals surface area contributed by atoms with Crippen LogP contribution in [0.25, 0.3) is 0 Å². The van der Waals surface area contributed by atoms with Gasteiger partial charge in [-0.05, 0) is 30.2 Å². The van der Waals surface area contributed by atoms with E-state index in [1.807, 2.05) is 31.1 Å². The predicted molar refractivity (Wildman–Crippen MR) is 88.2 cm³/mol. The Balaban J connectivity index is 1.71. The summed E-state index contributed by atoms with van der Waals surface area (Å²) in [5.41, 5.74) is 1.27. The number of likely N-dealkylation sites (tertiary alicyclic amines) is 1. The Kier molecular flexibility index (Phi) is 4.28. The highest BCUT2D eigenvalue weighted by atomic mass is 19.1. The summed E-state index contributed by atoms with van der Waals surface area (Å²) in [4.78, 5) is 20.5. The van der Waals surface area contributed by atoms with Crippen LogP contribution in [0.4, 0.5) is 10.2 Å². The van der Waals surface area contributed by atoms with Crippen LogP contribution in [-0.2, 0) is 0 Å². The zero-order valence-electron chi connectivity index (χ0n) is 13.4. The van der Waals surface area contributed by atoms with Gasteiger partial charge in [-0.1, -0.05) is 18.2 Å². The molecule has 2 aromatic rings. The van der Waals surface area contributed by atoms with Crippen LogP contribution in [0.3, 0.4) is 0 Å². The molecule has 0 spiro atoms. The molecule has 0 bridgehead atoms. The van der Waals surface area contributed by atoms with Crippen LogP contribution in [0, 0.1) is 5.82 Å². The van der Waals surface area contributed by atoms with Crippen molar-refractivity contribution in [2.24, 2.45) is 0 Å². The van der Waals surface area contributed by atoms with Crippen molar-refractivity contribution in [3.8, 4) is 0 Å². The van der Waals surface area contributed by atoms with Crippen LogP contribution >= 0.6 is 0 Å². The van der Waals surface area contributed by atoms with Gasteiger partial charge >= 0.3 is 0 Å². The first-order chi connectivity index (χ1) is 11.1. The monoisotopic (exact) mass is 313 g/mol. The highest BCUT2D eigenvalue weighted by Crippen LogP contribution is 2.29. The molecule has 1 aromatic heterocycles. The second-order valence-electron chi connectivity index (χ2n) is 6.06. The first-order valence-corrected chi connectivity index (χ1v) is 7.73. The molecule has 1 aliphatic rings. The highest BCUT2D eigenvalue weighted by molar-refractivity contribution is 5.94. The number of hydrogen-bond acceptors (Lipinski definition) is 3. The molecule has 0 radical (unpaired) electrons. The lowest BCUT2D eigenvalue weighted by atomic mass is 9.98. The number of nitrogens with zero attached hydrogens (tertiary/aromatic N) is 3. The smallest absolute Gasteiger partial charge is 0.255 e. The molecule has 3 rings (SSSR count). The third kappa shape index (κ3) is 3.18. The highest BCUT2D eigenvalue weighted by Gasteiger charge is 2.29. The minimum absolute atomic E-state index is 0.0401. The average molecular weight is 313 g/mol. The lowest BCUT2D eigenvalue weighted by molar-refractivity contribution is 0.0790. The molecule has 5 heteroatoms. The molecule has 1 aromatic carbocycles. The molecule has 4 nitrogen and oxygen atoms in total. The lowest BCUT2D eigenvalue weighted by Crippen LogP contribution is -2.28. The van der Waals surface area contributed by atoms with Crippen molar-refractivity contribution in [3.63, 3.8) is 0 Å². The fraction of sp³-hybridized carbons (Fsp3) is 0.333. The number of benzene rings is 1. The van der Waals surface area contributed by atoms with Gasteiger partial charge in [-0.25, -0.2) is 9.37 Å². The van der Waals surface area contributed by atoms with E-state index in [2.05, 4.69) is 4.98 Å². The van der Waals surface area contributed by atoms with E-state index < -0.39 is 0 Å². The molecule has 1 atom stereocenters. The zero-order chi connectivity index (χ0) is 16.4. The van der Waals surface area contributed by atoms with E-state index in [4.69, 9.17) is 0 Å². The van der Waals surface area contributed by atoms with E-state index in [1.165, 1.54) is 6.07 Å². The van der Waals surface area contributed by atoms with Crippen molar-refractivity contribution in [2.75, 3.05) is 32.1 Å². The molecule has 0 N–H and O–H groups in total. The van der Waals surface area contributed by atoms with Crippen LogP contribution in [0.5, 0.6) is 0 Å². The topological polar surface area (TPSA) is 36.4 Å². The first kappa shape index (κ1) is 15.5. The number of anilines is 1. The van der Waals surface area contributed by atoms with Crippen molar-refractivity contribution < 1.29 is 9.18 Å². The van der Waals surface area contributed by atoms with Gasteiger partial charge in [-0.3, -0.25) is 4.79 Å². The Morgan fingerprint density at radius 2 is 2.04 bits per heavy atom. The number of hydrogen-bond donors (Lipinski definition) is 0. The van der Waals surface area contributed by atoms with Gasteiger partial charge in [0, 0.05) is 39.3 Å². The fourth-order valence-corrected chi connectivity index (χ4v) is 2.96. The number of aromatic nitrogens is 1. The molecule has 1 aliphatic heterocycles. The van der Waals surface area contributed by atoms with Crippen molar-refractivity contribution in [1.29, 1.82) is 0 Å². The molecule has 23 heavy (non-hydrogen) atoms. The van der Waals surface area contributed by atoms with E-state index in [-0.39, 0.29) is 17.6 Å². The van der Waals surface area contributed by atoms with Crippen molar-refractivity contribution in [3.05, 3.63) is 59.5 Å². The van der Waals surface area contributed by atoms with E-state index in [0.29, 0.717) is 24.2 Å². The van der Waals surface area contributed by atoms with Crippen molar-refractivity contribution in [2.45, 2.75) is 12.3 Å². The third-order valence-corrected chi connectivity index (χ3v) is 4.27. The van der Waals surface area contributed by atoms with E-state index in [1.54, 1.807) is 29.3 Å².